The molecular weight excluding hydrogens is 573 g/mol. The molecule has 6 nitrogen and oxygen atoms in total. The molecule has 2 aliphatic rings. The number of ether oxygens (including phenoxy) is 1. The standard InChI is InChI=1S/C32H45F2N3O3SSi/c1-30(2,3)40-29(38)36-20-32(34,21-36)26(19-39-42(7,8)31(4,5)6)35-28(41)37-18-17-22-11-9-10-12-25(22)27(37)23-13-15-24(33)16-14-23/h9-16,26-27H,17-21H2,1-8H3,(H,35,41)/t26?,27-/m0/s1. The number of amides is 1. The lowest BCUT2D eigenvalue weighted by atomic mass is 9.87. The van der Waals surface area contributed by atoms with Gasteiger partial charge in [0.15, 0.2) is 19.1 Å². The summed E-state index contributed by atoms with van der Waals surface area (Å²) in [6, 6.07) is 13.6. The summed E-state index contributed by atoms with van der Waals surface area (Å²) >= 11 is 5.98. The third-order valence-corrected chi connectivity index (χ3v) is 13.5. The van der Waals surface area contributed by atoms with Crippen LogP contribution >= 0.6 is 12.2 Å². The molecule has 0 aliphatic carbocycles. The van der Waals surface area contributed by atoms with Crippen molar-refractivity contribution in [3.63, 3.8) is 0 Å². The van der Waals surface area contributed by atoms with E-state index in [1.807, 2.05) is 12.1 Å². The Labute approximate surface area is 255 Å². The molecule has 4 rings (SSSR count). The van der Waals surface area contributed by atoms with Crippen LogP contribution in [-0.4, -0.2) is 72.9 Å². The molecular formula is C32H45F2N3O3SSi. The van der Waals surface area contributed by atoms with Crippen LogP contribution < -0.4 is 5.32 Å². The molecule has 230 valence electrons. The zero-order valence-electron chi connectivity index (χ0n) is 26.1. The van der Waals surface area contributed by atoms with Gasteiger partial charge in [0.25, 0.3) is 0 Å². The Hall–Kier alpha value is -2.56. The van der Waals surface area contributed by atoms with Crippen LogP contribution in [0.25, 0.3) is 0 Å². The van der Waals surface area contributed by atoms with E-state index >= 15 is 4.39 Å². The number of hydrogen-bond donors (Lipinski definition) is 1. The van der Waals surface area contributed by atoms with Gasteiger partial charge in [0, 0.05) is 6.54 Å². The van der Waals surface area contributed by atoms with Gasteiger partial charge in [0.05, 0.1) is 31.8 Å². The van der Waals surface area contributed by atoms with Crippen LogP contribution in [0.2, 0.25) is 18.1 Å². The summed E-state index contributed by atoms with van der Waals surface area (Å²) in [6.45, 7) is 16.6. The Bertz CT molecular complexity index is 1290. The van der Waals surface area contributed by atoms with E-state index in [1.54, 1.807) is 32.9 Å². The molecule has 42 heavy (non-hydrogen) atoms. The Morgan fingerprint density at radius 3 is 2.31 bits per heavy atom. The Morgan fingerprint density at radius 1 is 1.10 bits per heavy atom. The number of alkyl halides is 1. The molecule has 0 aromatic heterocycles. The van der Waals surface area contributed by atoms with Gasteiger partial charge in [0.1, 0.15) is 11.4 Å². The van der Waals surface area contributed by atoms with Crippen LogP contribution in [0.3, 0.4) is 0 Å². The van der Waals surface area contributed by atoms with Crippen LogP contribution in [-0.2, 0) is 15.6 Å². The van der Waals surface area contributed by atoms with E-state index in [-0.39, 0.29) is 36.6 Å². The SMILES string of the molecule is CC(C)(C)OC(=O)N1CC(F)(C(CO[Si](C)(C)C(C)(C)C)NC(=S)N2CCc3ccccc3[C@@H]2c2ccc(F)cc2)C1. The van der Waals surface area contributed by atoms with Crippen molar-refractivity contribution in [3.8, 4) is 0 Å². The zero-order valence-corrected chi connectivity index (χ0v) is 27.9. The second-order valence-electron chi connectivity index (χ2n) is 14.0. The molecule has 1 N–H and O–H groups in total. The van der Waals surface area contributed by atoms with Crippen molar-refractivity contribution in [2.24, 2.45) is 0 Å². The summed E-state index contributed by atoms with van der Waals surface area (Å²) in [5.74, 6) is -0.308. The minimum absolute atomic E-state index is 0.0616. The molecule has 2 heterocycles. The van der Waals surface area contributed by atoms with E-state index in [2.05, 4.69) is 56.2 Å². The maximum Gasteiger partial charge on any atom is 0.410 e. The van der Waals surface area contributed by atoms with Crippen LogP contribution in [0, 0.1) is 5.82 Å². The number of carbonyl (C=O) groups is 1. The number of nitrogens with zero attached hydrogens (tertiary/aromatic N) is 2. The molecule has 1 saturated heterocycles. The summed E-state index contributed by atoms with van der Waals surface area (Å²) in [5, 5.41) is 3.67. The number of benzene rings is 2. The predicted molar refractivity (Wildman–Crippen MR) is 169 cm³/mol. The molecule has 0 spiro atoms. The van der Waals surface area contributed by atoms with Gasteiger partial charge < -0.3 is 24.3 Å². The number of likely N-dealkylation sites (tertiary alicyclic amines) is 1. The normalized spacial score (nSPS) is 19.4. The van der Waals surface area contributed by atoms with E-state index in [1.165, 1.54) is 22.6 Å². The molecule has 0 bridgehead atoms. The second kappa shape index (κ2) is 11.8. The molecule has 1 amide bonds. The van der Waals surface area contributed by atoms with Crippen molar-refractivity contribution in [1.29, 1.82) is 0 Å². The molecule has 0 saturated carbocycles. The Morgan fingerprint density at radius 2 is 1.71 bits per heavy atom. The van der Waals surface area contributed by atoms with Crippen molar-refractivity contribution in [2.75, 3.05) is 26.2 Å². The number of fused-ring (bicyclic) bond motifs is 1. The highest BCUT2D eigenvalue weighted by Crippen LogP contribution is 2.39. The van der Waals surface area contributed by atoms with E-state index in [0.29, 0.717) is 11.7 Å². The smallest absolute Gasteiger partial charge is 0.410 e. The Kier molecular flexibility index (Phi) is 9.12. The number of thiocarbonyl (C=S) groups is 1. The van der Waals surface area contributed by atoms with Gasteiger partial charge in [-0.05, 0) is 86.4 Å². The lowest BCUT2D eigenvalue weighted by molar-refractivity contribution is -0.0719. The van der Waals surface area contributed by atoms with Crippen LogP contribution in [0.5, 0.6) is 0 Å². The molecule has 1 fully saturated rings. The third kappa shape index (κ3) is 7.14. The minimum atomic E-state index is -2.22. The summed E-state index contributed by atoms with van der Waals surface area (Å²) < 4.78 is 42.5. The molecule has 2 aromatic rings. The third-order valence-electron chi connectivity index (χ3n) is 8.63. The number of hydrogen-bond acceptors (Lipinski definition) is 4. The van der Waals surface area contributed by atoms with Crippen molar-refractivity contribution in [2.45, 2.75) is 89.4 Å². The van der Waals surface area contributed by atoms with Crippen LogP contribution in [0.15, 0.2) is 48.5 Å². The highest BCUT2D eigenvalue weighted by molar-refractivity contribution is 7.80. The van der Waals surface area contributed by atoms with E-state index < -0.39 is 31.7 Å². The number of halogens is 2. The van der Waals surface area contributed by atoms with E-state index in [0.717, 1.165) is 17.5 Å². The molecule has 10 heteroatoms. The first kappa shape index (κ1) is 32.4. The average molecular weight is 618 g/mol. The lowest BCUT2D eigenvalue weighted by Crippen LogP contribution is -2.72. The van der Waals surface area contributed by atoms with E-state index in [9.17, 15) is 9.18 Å². The lowest BCUT2D eigenvalue weighted by Gasteiger charge is -2.50. The van der Waals surface area contributed by atoms with Gasteiger partial charge >= 0.3 is 6.09 Å². The fourth-order valence-corrected chi connectivity index (χ4v) is 6.47. The first-order valence-electron chi connectivity index (χ1n) is 14.6. The van der Waals surface area contributed by atoms with Crippen molar-refractivity contribution < 1.29 is 22.7 Å². The molecule has 2 atom stereocenters. The van der Waals surface area contributed by atoms with Crippen molar-refractivity contribution in [1.82, 2.24) is 15.1 Å². The van der Waals surface area contributed by atoms with Gasteiger partial charge in [-0.25, -0.2) is 13.6 Å². The summed E-state index contributed by atoms with van der Waals surface area (Å²) in [5.41, 5.74) is 0.760. The van der Waals surface area contributed by atoms with Crippen LogP contribution in [0.1, 0.15) is 64.3 Å². The van der Waals surface area contributed by atoms with Crippen molar-refractivity contribution in [3.05, 3.63) is 71.0 Å². The monoisotopic (exact) mass is 617 g/mol. The quantitative estimate of drug-likeness (QED) is 0.278. The summed E-state index contributed by atoms with van der Waals surface area (Å²) in [6.07, 6.45) is 0.236. The Balaban J connectivity index is 1.59. The highest BCUT2D eigenvalue weighted by atomic mass is 32.1. The fraction of sp³-hybridized carbons (Fsp3) is 0.562. The van der Waals surface area contributed by atoms with Gasteiger partial charge in [-0.1, -0.05) is 57.2 Å². The fourth-order valence-electron chi connectivity index (χ4n) is 5.11. The molecule has 2 aromatic carbocycles. The van der Waals surface area contributed by atoms with Gasteiger partial charge in [0.2, 0.25) is 0 Å². The number of carbonyl (C=O) groups excluding carboxylic acids is 1. The second-order valence-corrected chi connectivity index (χ2v) is 19.2. The number of rotatable bonds is 6. The number of nitrogens with one attached hydrogen (secondary N) is 1. The summed E-state index contributed by atoms with van der Waals surface area (Å²) in [7, 11) is -2.22. The molecule has 0 radical (unpaired) electrons. The topological polar surface area (TPSA) is 54.0 Å². The first-order chi connectivity index (χ1) is 19.4. The average Bonchev–Trinajstić information content (AvgIpc) is 2.87. The van der Waals surface area contributed by atoms with E-state index in [4.69, 9.17) is 21.4 Å². The molecule has 2 aliphatic heterocycles. The van der Waals surface area contributed by atoms with Gasteiger partial charge in [-0.2, -0.15) is 0 Å². The summed E-state index contributed by atoms with van der Waals surface area (Å²) in [4.78, 5) is 16.1. The maximum absolute atomic E-state index is 16.6. The predicted octanol–water partition coefficient (Wildman–Crippen LogP) is 7.00. The molecule has 1 unspecified atom stereocenters. The van der Waals surface area contributed by atoms with Crippen LogP contribution in [0.4, 0.5) is 13.6 Å². The minimum Gasteiger partial charge on any atom is -0.444 e. The zero-order chi connectivity index (χ0) is 31.1. The highest BCUT2D eigenvalue weighted by Gasteiger charge is 2.54. The van der Waals surface area contributed by atoms with Crippen molar-refractivity contribution >= 4 is 31.7 Å². The van der Waals surface area contributed by atoms with Gasteiger partial charge in [-0.3, -0.25) is 0 Å². The largest absolute Gasteiger partial charge is 0.444 e. The maximum atomic E-state index is 16.6. The first-order valence-corrected chi connectivity index (χ1v) is 17.9. The van der Waals surface area contributed by atoms with Gasteiger partial charge in [-0.15, -0.1) is 0 Å².